The lowest BCUT2D eigenvalue weighted by atomic mass is 9.98. The summed E-state index contributed by atoms with van der Waals surface area (Å²) in [4.78, 5) is 12.9. The molecule has 4 nitrogen and oxygen atoms in total. The van der Waals surface area contributed by atoms with Gasteiger partial charge in [0.2, 0.25) is 0 Å². The van der Waals surface area contributed by atoms with Crippen LogP contribution in [0.25, 0.3) is 0 Å². The van der Waals surface area contributed by atoms with Gasteiger partial charge in [-0.3, -0.25) is 4.79 Å². The quantitative estimate of drug-likeness (QED) is 0.493. The van der Waals surface area contributed by atoms with Crippen LogP contribution in [-0.2, 0) is 4.79 Å². The highest BCUT2D eigenvalue weighted by molar-refractivity contribution is 8.19. The Bertz CT molecular complexity index is 989. The van der Waals surface area contributed by atoms with Crippen LogP contribution in [0.15, 0.2) is 78.9 Å². The number of thioether (sulfide) groups is 2. The molecule has 1 aliphatic heterocycles. The van der Waals surface area contributed by atoms with Crippen molar-refractivity contribution in [3.05, 3.63) is 95.6 Å². The van der Waals surface area contributed by atoms with Crippen molar-refractivity contribution in [3.63, 3.8) is 0 Å². The van der Waals surface area contributed by atoms with Gasteiger partial charge in [0.15, 0.2) is 6.61 Å². The summed E-state index contributed by atoms with van der Waals surface area (Å²) in [7, 11) is 1.64. The Kier molecular flexibility index (Phi) is 7.43. The molecule has 0 saturated carbocycles. The molecule has 3 aromatic rings. The molecular weight excluding hydrogens is 426 g/mol. The number of hydrogen-bond donors (Lipinski definition) is 1. The van der Waals surface area contributed by atoms with Crippen LogP contribution >= 0.6 is 23.5 Å². The van der Waals surface area contributed by atoms with Crippen molar-refractivity contribution >= 4 is 29.4 Å². The molecule has 0 aromatic heterocycles. The number of amides is 1. The van der Waals surface area contributed by atoms with E-state index in [9.17, 15) is 4.79 Å². The van der Waals surface area contributed by atoms with Gasteiger partial charge < -0.3 is 14.8 Å². The molecule has 31 heavy (non-hydrogen) atoms. The zero-order chi connectivity index (χ0) is 21.5. The second kappa shape index (κ2) is 10.6. The minimum Gasteiger partial charge on any atom is -0.497 e. The fourth-order valence-corrected chi connectivity index (χ4v) is 6.40. The summed E-state index contributed by atoms with van der Waals surface area (Å²) < 4.78 is 11.6. The predicted octanol–water partition coefficient (Wildman–Crippen LogP) is 5.46. The van der Waals surface area contributed by atoms with E-state index in [-0.39, 0.29) is 18.6 Å². The van der Waals surface area contributed by atoms with Crippen LogP contribution in [0.4, 0.5) is 0 Å². The van der Waals surface area contributed by atoms with Crippen LogP contribution in [0.2, 0.25) is 0 Å². The number of nitrogens with one attached hydrogen (secondary N) is 1. The first-order valence-electron chi connectivity index (χ1n) is 10.2. The Morgan fingerprint density at radius 1 is 0.935 bits per heavy atom. The molecule has 1 N–H and O–H groups in total. The highest BCUT2D eigenvalue weighted by atomic mass is 32.2. The van der Waals surface area contributed by atoms with Crippen molar-refractivity contribution in [2.45, 2.75) is 10.6 Å². The molecular formula is C25H25NO3S2. The van der Waals surface area contributed by atoms with Gasteiger partial charge in [0.1, 0.15) is 11.5 Å². The first-order chi connectivity index (χ1) is 15.2. The second-order valence-corrected chi connectivity index (χ2v) is 9.81. The van der Waals surface area contributed by atoms with Crippen LogP contribution in [0.5, 0.6) is 11.5 Å². The van der Waals surface area contributed by atoms with Gasteiger partial charge in [-0.25, -0.2) is 0 Å². The standard InChI is InChI=1S/C25H25NO3S2/c1-28-20-13-11-19(12-14-20)24(18-7-3-2-4-8-18)26-23(27)17-29-22-10-6-5-9-21(22)25-30-15-16-31-25/h2-14,24-25H,15-17H2,1H3,(H,26,27). The molecule has 1 unspecified atom stereocenters. The van der Waals surface area contributed by atoms with Gasteiger partial charge in [-0.15, -0.1) is 23.5 Å². The normalized spacial score (nSPS) is 14.7. The molecule has 1 fully saturated rings. The van der Waals surface area contributed by atoms with Crippen LogP contribution in [-0.4, -0.2) is 31.1 Å². The summed E-state index contributed by atoms with van der Waals surface area (Å²) >= 11 is 3.85. The average molecular weight is 452 g/mol. The Hall–Kier alpha value is -2.57. The number of para-hydroxylation sites is 1. The van der Waals surface area contributed by atoms with Crippen molar-refractivity contribution in [2.75, 3.05) is 25.2 Å². The Labute approximate surface area is 191 Å². The molecule has 160 valence electrons. The van der Waals surface area contributed by atoms with Gasteiger partial charge >= 0.3 is 0 Å². The van der Waals surface area contributed by atoms with E-state index >= 15 is 0 Å². The molecule has 1 saturated heterocycles. The maximum absolute atomic E-state index is 12.9. The number of ether oxygens (including phenoxy) is 2. The molecule has 6 heteroatoms. The lowest BCUT2D eigenvalue weighted by Gasteiger charge is -2.21. The SMILES string of the molecule is COc1ccc(C(NC(=O)COc2ccccc2C2SCCS2)c2ccccc2)cc1. The van der Waals surface area contributed by atoms with Crippen molar-refractivity contribution in [1.29, 1.82) is 0 Å². The van der Waals surface area contributed by atoms with E-state index in [1.165, 1.54) is 0 Å². The summed E-state index contributed by atoms with van der Waals surface area (Å²) in [5, 5.41) is 3.13. The zero-order valence-corrected chi connectivity index (χ0v) is 19.0. The third kappa shape index (κ3) is 5.57. The second-order valence-electron chi connectivity index (χ2n) is 7.08. The first kappa shape index (κ1) is 21.7. The number of carbonyl (C=O) groups is 1. The number of carbonyl (C=O) groups excluding carboxylic acids is 1. The highest BCUT2D eigenvalue weighted by Crippen LogP contribution is 2.48. The van der Waals surface area contributed by atoms with Gasteiger partial charge in [-0.05, 0) is 29.3 Å². The van der Waals surface area contributed by atoms with E-state index < -0.39 is 0 Å². The average Bonchev–Trinajstić information content (AvgIpc) is 3.37. The summed E-state index contributed by atoms with van der Waals surface area (Å²) in [5.41, 5.74) is 3.15. The Morgan fingerprint density at radius 2 is 1.58 bits per heavy atom. The van der Waals surface area contributed by atoms with Crippen LogP contribution < -0.4 is 14.8 Å². The lowest BCUT2D eigenvalue weighted by molar-refractivity contribution is -0.123. The fraction of sp³-hybridized carbons (Fsp3) is 0.240. The fourth-order valence-electron chi connectivity index (χ4n) is 3.49. The van der Waals surface area contributed by atoms with E-state index in [0.29, 0.717) is 4.58 Å². The minimum absolute atomic E-state index is 0.0292. The molecule has 0 spiro atoms. The van der Waals surface area contributed by atoms with Crippen molar-refractivity contribution in [2.24, 2.45) is 0 Å². The number of rotatable bonds is 8. The summed E-state index contributed by atoms with van der Waals surface area (Å²) in [5.74, 6) is 3.69. The number of methoxy groups -OCH3 is 1. The summed E-state index contributed by atoms with van der Waals surface area (Å²) in [6.45, 7) is -0.0292. The highest BCUT2D eigenvalue weighted by Gasteiger charge is 2.22. The van der Waals surface area contributed by atoms with Crippen LogP contribution in [0.3, 0.4) is 0 Å². The molecule has 4 rings (SSSR count). The molecule has 1 atom stereocenters. The minimum atomic E-state index is -0.264. The molecule has 3 aromatic carbocycles. The van der Waals surface area contributed by atoms with E-state index in [1.54, 1.807) is 7.11 Å². The molecule has 0 aliphatic carbocycles. The third-order valence-electron chi connectivity index (χ3n) is 5.04. The summed E-state index contributed by atoms with van der Waals surface area (Å²) in [6, 6.07) is 25.4. The van der Waals surface area contributed by atoms with E-state index in [2.05, 4.69) is 11.4 Å². The smallest absolute Gasteiger partial charge is 0.258 e. The van der Waals surface area contributed by atoms with E-state index in [0.717, 1.165) is 39.7 Å². The molecule has 0 radical (unpaired) electrons. The maximum Gasteiger partial charge on any atom is 0.258 e. The van der Waals surface area contributed by atoms with Gasteiger partial charge in [0.25, 0.3) is 5.91 Å². The molecule has 0 bridgehead atoms. The predicted molar refractivity (Wildman–Crippen MR) is 129 cm³/mol. The van der Waals surface area contributed by atoms with Gasteiger partial charge in [-0.2, -0.15) is 0 Å². The van der Waals surface area contributed by atoms with Gasteiger partial charge in [0, 0.05) is 17.1 Å². The van der Waals surface area contributed by atoms with Crippen LogP contribution in [0, 0.1) is 0 Å². The van der Waals surface area contributed by atoms with Crippen LogP contribution in [0.1, 0.15) is 27.3 Å². The van der Waals surface area contributed by atoms with Crippen molar-refractivity contribution < 1.29 is 14.3 Å². The molecule has 1 heterocycles. The lowest BCUT2D eigenvalue weighted by Crippen LogP contribution is -2.33. The third-order valence-corrected chi connectivity index (χ3v) is 8.11. The molecule has 1 aliphatic rings. The number of hydrogen-bond acceptors (Lipinski definition) is 5. The maximum atomic E-state index is 12.9. The largest absolute Gasteiger partial charge is 0.497 e. The topological polar surface area (TPSA) is 47.6 Å². The van der Waals surface area contributed by atoms with Crippen molar-refractivity contribution in [1.82, 2.24) is 5.32 Å². The zero-order valence-electron chi connectivity index (χ0n) is 17.3. The Balaban J connectivity index is 1.47. The van der Waals surface area contributed by atoms with E-state index in [1.807, 2.05) is 96.3 Å². The monoisotopic (exact) mass is 451 g/mol. The Morgan fingerprint density at radius 3 is 2.29 bits per heavy atom. The molecule has 1 amide bonds. The first-order valence-corrected chi connectivity index (χ1v) is 12.3. The van der Waals surface area contributed by atoms with Crippen molar-refractivity contribution in [3.8, 4) is 11.5 Å². The van der Waals surface area contributed by atoms with Gasteiger partial charge in [0.05, 0.1) is 17.7 Å². The summed E-state index contributed by atoms with van der Waals surface area (Å²) in [6.07, 6.45) is 0. The number of benzene rings is 3. The van der Waals surface area contributed by atoms with Gasteiger partial charge in [-0.1, -0.05) is 60.7 Å². The van der Waals surface area contributed by atoms with E-state index in [4.69, 9.17) is 9.47 Å².